The number of ether oxygens (including phenoxy) is 1. The van der Waals surface area contributed by atoms with E-state index in [1.807, 2.05) is 0 Å². The van der Waals surface area contributed by atoms with Gasteiger partial charge in [0.05, 0.1) is 12.0 Å². The summed E-state index contributed by atoms with van der Waals surface area (Å²) in [6.07, 6.45) is 3.94. The van der Waals surface area contributed by atoms with Crippen LogP contribution in [0.15, 0.2) is 35.5 Å². The number of alkyl halides is 1. The lowest BCUT2D eigenvalue weighted by atomic mass is 10.4. The fourth-order valence-corrected chi connectivity index (χ4v) is 1.68. The van der Waals surface area contributed by atoms with Gasteiger partial charge in [-0.3, -0.25) is 0 Å². The van der Waals surface area contributed by atoms with Gasteiger partial charge in [-0.25, -0.2) is 8.42 Å². The molecular formula is C8H10Cl2O3S. The molecule has 6 heteroatoms. The average molecular weight is 257 g/mol. The summed E-state index contributed by atoms with van der Waals surface area (Å²) < 4.78 is 26.6. The third kappa shape index (κ3) is 5.32. The molecule has 0 saturated heterocycles. The molecule has 80 valence electrons. The zero-order chi connectivity index (χ0) is 11.2. The first-order valence-corrected chi connectivity index (χ1v) is 6.38. The summed E-state index contributed by atoms with van der Waals surface area (Å²) in [5.74, 6) is 0.385. The van der Waals surface area contributed by atoms with Crippen molar-refractivity contribution in [2.24, 2.45) is 0 Å². The SMILES string of the molecule is C=C(/C=C\C(=C/CCl)S(=O)(=O)Cl)OC. The molecule has 0 N–H and O–H groups in total. The third-order valence-electron chi connectivity index (χ3n) is 1.26. The van der Waals surface area contributed by atoms with Crippen molar-refractivity contribution in [3.63, 3.8) is 0 Å². The highest BCUT2D eigenvalue weighted by Gasteiger charge is 2.09. The standard InChI is InChI=1S/C8H10Cl2O3S/c1-7(13-2)3-4-8(5-6-9)14(10,11)12/h3-5H,1,6H2,2H3/b4-3-,8-5+. The molecular weight excluding hydrogens is 247 g/mol. The molecule has 0 fully saturated rings. The summed E-state index contributed by atoms with van der Waals surface area (Å²) in [5, 5.41) is 0. The Labute approximate surface area is 93.1 Å². The van der Waals surface area contributed by atoms with Gasteiger partial charge in [0.25, 0.3) is 9.05 Å². The largest absolute Gasteiger partial charge is 0.497 e. The molecule has 0 unspecified atom stereocenters. The highest BCUT2D eigenvalue weighted by atomic mass is 35.7. The first-order valence-electron chi connectivity index (χ1n) is 3.53. The zero-order valence-electron chi connectivity index (χ0n) is 7.54. The minimum absolute atomic E-state index is 0.0606. The van der Waals surface area contributed by atoms with Crippen molar-refractivity contribution in [3.8, 4) is 0 Å². The van der Waals surface area contributed by atoms with Crippen molar-refractivity contribution in [1.82, 2.24) is 0 Å². The number of allylic oxidation sites excluding steroid dienone is 3. The van der Waals surface area contributed by atoms with Gasteiger partial charge in [0, 0.05) is 16.6 Å². The molecule has 0 aromatic carbocycles. The first-order chi connectivity index (χ1) is 6.41. The smallest absolute Gasteiger partial charge is 0.261 e. The van der Waals surface area contributed by atoms with Crippen molar-refractivity contribution < 1.29 is 13.2 Å². The van der Waals surface area contributed by atoms with Crippen LogP contribution in [-0.2, 0) is 13.8 Å². The van der Waals surface area contributed by atoms with Crippen LogP contribution in [0.1, 0.15) is 0 Å². The summed E-state index contributed by atoms with van der Waals surface area (Å²) in [6.45, 7) is 3.48. The minimum atomic E-state index is -3.77. The molecule has 14 heavy (non-hydrogen) atoms. The normalized spacial score (nSPS) is 13.2. The van der Waals surface area contributed by atoms with E-state index in [1.54, 1.807) is 0 Å². The zero-order valence-corrected chi connectivity index (χ0v) is 9.86. The molecule has 0 amide bonds. The van der Waals surface area contributed by atoms with Crippen LogP contribution in [0.3, 0.4) is 0 Å². The Kier molecular flexibility index (Phi) is 5.92. The maximum absolute atomic E-state index is 10.9. The van der Waals surface area contributed by atoms with Gasteiger partial charge in [0.15, 0.2) is 0 Å². The van der Waals surface area contributed by atoms with E-state index in [9.17, 15) is 8.42 Å². The summed E-state index contributed by atoms with van der Waals surface area (Å²) >= 11 is 5.36. The monoisotopic (exact) mass is 256 g/mol. The second-order valence-corrected chi connectivity index (χ2v) is 5.08. The molecule has 0 aromatic heterocycles. The highest BCUT2D eigenvalue weighted by molar-refractivity contribution is 8.17. The third-order valence-corrected chi connectivity index (χ3v) is 2.81. The van der Waals surface area contributed by atoms with E-state index >= 15 is 0 Å². The summed E-state index contributed by atoms with van der Waals surface area (Å²) in [4.78, 5) is -0.0765. The number of hydrogen-bond donors (Lipinski definition) is 0. The van der Waals surface area contributed by atoms with Gasteiger partial charge in [0.2, 0.25) is 0 Å². The van der Waals surface area contributed by atoms with Gasteiger partial charge < -0.3 is 4.74 Å². The minimum Gasteiger partial charge on any atom is -0.497 e. The lowest BCUT2D eigenvalue weighted by molar-refractivity contribution is 0.309. The van der Waals surface area contributed by atoms with Crippen molar-refractivity contribution in [1.29, 1.82) is 0 Å². The maximum Gasteiger partial charge on any atom is 0.261 e. The molecule has 0 heterocycles. The molecule has 0 spiro atoms. The average Bonchev–Trinajstić information content (AvgIpc) is 2.09. The number of methoxy groups -OCH3 is 1. The van der Waals surface area contributed by atoms with Crippen LogP contribution in [-0.4, -0.2) is 21.4 Å². The van der Waals surface area contributed by atoms with Crippen molar-refractivity contribution in [3.05, 3.63) is 35.5 Å². The van der Waals surface area contributed by atoms with E-state index in [-0.39, 0.29) is 10.8 Å². The maximum atomic E-state index is 10.9. The predicted molar refractivity (Wildman–Crippen MR) is 58.9 cm³/mol. The molecule has 0 aromatic rings. The van der Waals surface area contributed by atoms with Crippen LogP contribution in [0.2, 0.25) is 0 Å². The van der Waals surface area contributed by atoms with Crippen LogP contribution in [0, 0.1) is 0 Å². The molecule has 3 nitrogen and oxygen atoms in total. The van der Waals surface area contributed by atoms with Crippen LogP contribution >= 0.6 is 22.3 Å². The van der Waals surface area contributed by atoms with Crippen LogP contribution < -0.4 is 0 Å². The first kappa shape index (κ1) is 13.5. The van der Waals surface area contributed by atoms with Gasteiger partial charge in [-0.2, -0.15) is 0 Å². The van der Waals surface area contributed by atoms with Gasteiger partial charge in [-0.05, 0) is 18.2 Å². The van der Waals surface area contributed by atoms with Gasteiger partial charge in [-0.15, -0.1) is 11.6 Å². The fourth-order valence-electron chi connectivity index (χ4n) is 0.568. The second kappa shape index (κ2) is 6.11. The Hall–Kier alpha value is -0.450. The van der Waals surface area contributed by atoms with E-state index < -0.39 is 9.05 Å². The van der Waals surface area contributed by atoms with Crippen molar-refractivity contribution >= 4 is 31.3 Å². The van der Waals surface area contributed by atoms with E-state index in [1.165, 1.54) is 25.3 Å². The predicted octanol–water partition coefficient (Wildman–Crippen LogP) is 2.39. The second-order valence-electron chi connectivity index (χ2n) is 2.20. The molecule has 0 atom stereocenters. The number of hydrogen-bond acceptors (Lipinski definition) is 3. The lowest BCUT2D eigenvalue weighted by Crippen LogP contribution is -1.92. The Balaban J connectivity index is 4.83. The van der Waals surface area contributed by atoms with Crippen LogP contribution in [0.4, 0.5) is 0 Å². The van der Waals surface area contributed by atoms with Gasteiger partial charge in [-0.1, -0.05) is 6.58 Å². The quantitative estimate of drug-likeness (QED) is 0.329. The molecule has 0 radical (unpaired) electrons. The molecule has 0 aliphatic heterocycles. The van der Waals surface area contributed by atoms with Crippen molar-refractivity contribution in [2.45, 2.75) is 0 Å². The molecule has 0 aliphatic rings. The Bertz CT molecular complexity index is 355. The summed E-state index contributed by atoms with van der Waals surface area (Å²) in [5.41, 5.74) is 0. The summed E-state index contributed by atoms with van der Waals surface area (Å²) in [6, 6.07) is 0. The van der Waals surface area contributed by atoms with Crippen molar-refractivity contribution in [2.75, 3.05) is 13.0 Å². The van der Waals surface area contributed by atoms with E-state index in [4.69, 9.17) is 27.0 Å². The Morgan fingerprint density at radius 2 is 2.07 bits per heavy atom. The molecule has 0 rings (SSSR count). The molecule has 0 aliphatic carbocycles. The van der Waals surface area contributed by atoms with Gasteiger partial charge in [0.1, 0.15) is 5.76 Å². The fraction of sp³-hybridized carbons (Fsp3) is 0.250. The van der Waals surface area contributed by atoms with E-state index in [0.29, 0.717) is 5.76 Å². The van der Waals surface area contributed by atoms with Crippen LogP contribution in [0.5, 0.6) is 0 Å². The highest BCUT2D eigenvalue weighted by Crippen LogP contribution is 2.14. The topological polar surface area (TPSA) is 43.4 Å². The van der Waals surface area contributed by atoms with E-state index in [0.717, 1.165) is 0 Å². The van der Waals surface area contributed by atoms with Gasteiger partial charge >= 0.3 is 0 Å². The van der Waals surface area contributed by atoms with E-state index in [2.05, 4.69) is 6.58 Å². The number of rotatable bonds is 5. The number of halogens is 2. The van der Waals surface area contributed by atoms with Crippen LogP contribution in [0.25, 0.3) is 0 Å². The molecule has 0 bridgehead atoms. The Morgan fingerprint density at radius 1 is 1.50 bits per heavy atom. The Morgan fingerprint density at radius 3 is 2.43 bits per heavy atom. The molecule has 0 saturated carbocycles. The lowest BCUT2D eigenvalue weighted by Gasteiger charge is -1.97. The summed E-state index contributed by atoms with van der Waals surface area (Å²) in [7, 11) is 2.79.